The van der Waals surface area contributed by atoms with E-state index < -0.39 is 11.9 Å². The molecule has 3 aromatic rings. The molecule has 9 heteroatoms. The second-order valence-corrected chi connectivity index (χ2v) is 7.47. The highest BCUT2D eigenvalue weighted by atomic mass is 35.5. The van der Waals surface area contributed by atoms with E-state index in [1.54, 1.807) is 37.3 Å². The molecule has 0 aliphatic rings. The second kappa shape index (κ2) is 9.24. The van der Waals surface area contributed by atoms with Gasteiger partial charge in [-0.1, -0.05) is 35.3 Å². The maximum absolute atomic E-state index is 12.6. The average Bonchev–Trinajstić information content (AvgIpc) is 3.04. The van der Waals surface area contributed by atoms with Crippen molar-refractivity contribution in [2.24, 2.45) is 5.73 Å². The number of H-pyrrole nitrogens is 1. The topological polar surface area (TPSA) is 114 Å². The van der Waals surface area contributed by atoms with Gasteiger partial charge in [-0.2, -0.15) is 0 Å². The SMILES string of the molecule is CCOC(=O)c1[nH]c2cc(Cl)cc(Cl)c2c1/C=C(\C(N)=O)c1cccc(NC(C)=O)c1. The quantitative estimate of drug-likeness (QED) is 0.367. The Labute approximate surface area is 188 Å². The van der Waals surface area contributed by atoms with Crippen molar-refractivity contribution < 1.29 is 19.1 Å². The lowest BCUT2D eigenvalue weighted by atomic mass is 10.00. The molecule has 0 aliphatic carbocycles. The van der Waals surface area contributed by atoms with Crippen molar-refractivity contribution in [3.63, 3.8) is 0 Å². The first-order chi connectivity index (χ1) is 14.7. The van der Waals surface area contributed by atoms with Gasteiger partial charge >= 0.3 is 5.97 Å². The van der Waals surface area contributed by atoms with E-state index in [0.717, 1.165) is 0 Å². The van der Waals surface area contributed by atoms with Gasteiger partial charge in [0.15, 0.2) is 0 Å². The molecule has 0 saturated heterocycles. The average molecular weight is 460 g/mol. The molecule has 0 radical (unpaired) electrons. The summed E-state index contributed by atoms with van der Waals surface area (Å²) in [6, 6.07) is 9.77. The highest BCUT2D eigenvalue weighted by molar-refractivity contribution is 6.39. The van der Waals surface area contributed by atoms with Crippen LogP contribution in [0, 0.1) is 0 Å². The Hall–Kier alpha value is -3.29. The summed E-state index contributed by atoms with van der Waals surface area (Å²) in [5.74, 6) is -1.60. The van der Waals surface area contributed by atoms with E-state index in [-0.39, 0.29) is 28.8 Å². The summed E-state index contributed by atoms with van der Waals surface area (Å²) in [5, 5.41) is 3.81. The Morgan fingerprint density at radius 1 is 1.19 bits per heavy atom. The van der Waals surface area contributed by atoms with Crippen LogP contribution in [0.15, 0.2) is 36.4 Å². The standard InChI is InChI=1S/C22H19Cl2N3O4/c1-3-31-22(30)20-16(19-17(24)8-13(23)9-18(19)27-20)10-15(21(25)29)12-5-4-6-14(7-12)26-11(2)28/h4-10,27H,3H2,1-2H3,(H2,25,29)(H,26,28)/b15-10-. The zero-order valence-corrected chi connectivity index (χ0v) is 18.2. The van der Waals surface area contributed by atoms with Crippen LogP contribution in [-0.4, -0.2) is 29.4 Å². The number of benzene rings is 2. The van der Waals surface area contributed by atoms with Gasteiger partial charge in [0.05, 0.1) is 11.6 Å². The van der Waals surface area contributed by atoms with Crippen molar-refractivity contribution in [1.29, 1.82) is 0 Å². The molecular weight excluding hydrogens is 441 g/mol. The molecule has 160 valence electrons. The maximum atomic E-state index is 12.6. The lowest BCUT2D eigenvalue weighted by molar-refractivity contribution is -0.114. The molecule has 1 aromatic heterocycles. The number of hydrogen-bond acceptors (Lipinski definition) is 4. The largest absolute Gasteiger partial charge is 0.461 e. The molecule has 0 bridgehead atoms. The van der Waals surface area contributed by atoms with Gasteiger partial charge in [-0.15, -0.1) is 0 Å². The molecule has 0 saturated carbocycles. The summed E-state index contributed by atoms with van der Waals surface area (Å²) in [6.07, 6.45) is 1.47. The van der Waals surface area contributed by atoms with Gasteiger partial charge in [0.2, 0.25) is 11.8 Å². The van der Waals surface area contributed by atoms with E-state index in [1.807, 2.05) is 0 Å². The summed E-state index contributed by atoms with van der Waals surface area (Å²) >= 11 is 12.5. The molecule has 0 aliphatic heterocycles. The summed E-state index contributed by atoms with van der Waals surface area (Å²) in [5.41, 5.74) is 7.67. The van der Waals surface area contributed by atoms with Crippen molar-refractivity contribution in [2.75, 3.05) is 11.9 Å². The highest BCUT2D eigenvalue weighted by Crippen LogP contribution is 2.35. The van der Waals surface area contributed by atoms with E-state index >= 15 is 0 Å². The molecule has 0 atom stereocenters. The molecule has 0 fully saturated rings. The smallest absolute Gasteiger partial charge is 0.355 e. The number of nitrogens with two attached hydrogens (primary N) is 1. The molecule has 2 aromatic carbocycles. The van der Waals surface area contributed by atoms with E-state index in [9.17, 15) is 14.4 Å². The number of halogens is 2. The first-order valence-corrected chi connectivity index (χ1v) is 10.0. The number of anilines is 1. The third-order valence-corrected chi connectivity index (χ3v) is 4.90. The maximum Gasteiger partial charge on any atom is 0.355 e. The summed E-state index contributed by atoms with van der Waals surface area (Å²) in [7, 11) is 0. The van der Waals surface area contributed by atoms with Crippen molar-refractivity contribution in [3.8, 4) is 0 Å². The Balaban J connectivity index is 2.27. The number of aromatic nitrogens is 1. The van der Waals surface area contributed by atoms with Gasteiger partial charge in [-0.3, -0.25) is 9.59 Å². The number of carbonyl (C=O) groups excluding carboxylic acids is 3. The molecule has 3 rings (SSSR count). The molecule has 2 amide bonds. The van der Waals surface area contributed by atoms with Crippen LogP contribution in [0.25, 0.3) is 22.6 Å². The van der Waals surface area contributed by atoms with Crippen LogP contribution < -0.4 is 11.1 Å². The van der Waals surface area contributed by atoms with Crippen molar-refractivity contribution >= 4 is 69.2 Å². The zero-order valence-electron chi connectivity index (χ0n) is 16.7. The van der Waals surface area contributed by atoms with Crippen molar-refractivity contribution in [3.05, 3.63) is 63.3 Å². The fraction of sp³-hybridized carbons (Fsp3) is 0.136. The van der Waals surface area contributed by atoms with E-state index in [2.05, 4.69) is 10.3 Å². The van der Waals surface area contributed by atoms with Crippen LogP contribution in [0.5, 0.6) is 0 Å². The Morgan fingerprint density at radius 3 is 2.58 bits per heavy atom. The van der Waals surface area contributed by atoms with Crippen molar-refractivity contribution in [2.45, 2.75) is 13.8 Å². The fourth-order valence-corrected chi connectivity index (χ4v) is 3.79. The van der Waals surface area contributed by atoms with Crippen molar-refractivity contribution in [1.82, 2.24) is 4.98 Å². The number of nitrogens with one attached hydrogen (secondary N) is 2. The van der Waals surface area contributed by atoms with Crippen LogP contribution in [0.4, 0.5) is 5.69 Å². The van der Waals surface area contributed by atoms with Gasteiger partial charge in [-0.05, 0) is 42.8 Å². The molecule has 31 heavy (non-hydrogen) atoms. The van der Waals surface area contributed by atoms with Gasteiger partial charge in [0.1, 0.15) is 5.69 Å². The Kier molecular flexibility index (Phi) is 6.68. The molecule has 7 nitrogen and oxygen atoms in total. The number of hydrogen-bond donors (Lipinski definition) is 3. The number of rotatable bonds is 6. The van der Waals surface area contributed by atoms with Gasteiger partial charge < -0.3 is 20.8 Å². The fourth-order valence-electron chi connectivity index (χ4n) is 3.19. The predicted molar refractivity (Wildman–Crippen MR) is 122 cm³/mol. The third kappa shape index (κ3) is 4.90. The predicted octanol–water partition coefficient (Wildman–Crippen LogP) is 4.64. The van der Waals surface area contributed by atoms with Gasteiger partial charge in [-0.25, -0.2) is 4.79 Å². The van der Waals surface area contributed by atoms with E-state index in [0.29, 0.717) is 32.7 Å². The number of fused-ring (bicyclic) bond motifs is 1. The highest BCUT2D eigenvalue weighted by Gasteiger charge is 2.22. The van der Waals surface area contributed by atoms with Gasteiger partial charge in [0.25, 0.3) is 0 Å². The van der Waals surface area contributed by atoms with Crippen LogP contribution in [0.3, 0.4) is 0 Å². The molecule has 0 spiro atoms. The number of aromatic amines is 1. The monoisotopic (exact) mass is 459 g/mol. The molecular formula is C22H19Cl2N3O4. The lowest BCUT2D eigenvalue weighted by Gasteiger charge is -2.09. The number of amides is 2. The number of ether oxygens (including phenoxy) is 1. The lowest BCUT2D eigenvalue weighted by Crippen LogP contribution is -2.14. The van der Waals surface area contributed by atoms with Crippen LogP contribution in [0.1, 0.15) is 35.5 Å². The van der Waals surface area contributed by atoms with Gasteiger partial charge in [0, 0.05) is 39.7 Å². The summed E-state index contributed by atoms with van der Waals surface area (Å²) in [4.78, 5) is 39.2. The van der Waals surface area contributed by atoms with Crippen LogP contribution >= 0.6 is 23.2 Å². The minimum atomic E-state index is -0.728. The minimum Gasteiger partial charge on any atom is -0.461 e. The number of carbonyl (C=O) groups is 3. The van der Waals surface area contributed by atoms with Crippen LogP contribution in [0.2, 0.25) is 10.0 Å². The minimum absolute atomic E-state index is 0.109. The Morgan fingerprint density at radius 2 is 1.94 bits per heavy atom. The zero-order chi connectivity index (χ0) is 22.7. The summed E-state index contributed by atoms with van der Waals surface area (Å²) in [6.45, 7) is 3.22. The van der Waals surface area contributed by atoms with E-state index in [4.69, 9.17) is 33.7 Å². The van der Waals surface area contributed by atoms with Crippen LogP contribution in [-0.2, 0) is 14.3 Å². The molecule has 4 N–H and O–H groups in total. The first kappa shape index (κ1) is 22.4. The first-order valence-electron chi connectivity index (χ1n) is 9.28. The number of primary amides is 1. The second-order valence-electron chi connectivity index (χ2n) is 6.63. The number of esters is 1. The normalized spacial score (nSPS) is 11.4. The Bertz CT molecular complexity index is 1230. The molecule has 0 unspecified atom stereocenters. The summed E-state index contributed by atoms with van der Waals surface area (Å²) < 4.78 is 5.14. The molecule has 1 heterocycles. The third-order valence-electron chi connectivity index (χ3n) is 4.38. The van der Waals surface area contributed by atoms with E-state index in [1.165, 1.54) is 19.1 Å².